The van der Waals surface area contributed by atoms with Crippen molar-refractivity contribution in [3.8, 4) is 0 Å². The first-order valence-electron chi connectivity index (χ1n) is 6.86. The van der Waals surface area contributed by atoms with Crippen LogP contribution in [-0.2, 0) is 13.0 Å². The Morgan fingerprint density at radius 2 is 2.38 bits per heavy atom. The van der Waals surface area contributed by atoms with E-state index in [0.29, 0.717) is 6.54 Å². The fourth-order valence-corrected chi connectivity index (χ4v) is 3.30. The maximum atomic E-state index is 13.3. The zero-order chi connectivity index (χ0) is 14.8. The lowest BCUT2D eigenvalue weighted by Crippen LogP contribution is -2.36. The van der Waals surface area contributed by atoms with Crippen molar-refractivity contribution in [3.63, 3.8) is 0 Å². The molecule has 1 aromatic carbocycles. The normalized spacial score (nSPS) is 16.6. The fraction of sp³-hybridized carbons (Fsp3) is 0.333. The summed E-state index contributed by atoms with van der Waals surface area (Å²) in [6, 6.07) is 4.41. The van der Waals surface area contributed by atoms with Crippen molar-refractivity contribution in [2.45, 2.75) is 32.4 Å². The molecule has 1 heterocycles. The monoisotopic (exact) mass is 305 g/mol. The van der Waals surface area contributed by atoms with E-state index in [2.05, 4.69) is 15.6 Å². The second-order valence-corrected chi connectivity index (χ2v) is 6.45. The number of urea groups is 1. The first-order valence-corrected chi connectivity index (χ1v) is 7.67. The van der Waals surface area contributed by atoms with Gasteiger partial charge in [0.15, 0.2) is 0 Å². The Balaban J connectivity index is 1.58. The van der Waals surface area contributed by atoms with Crippen molar-refractivity contribution in [2.24, 2.45) is 0 Å². The number of hydrogen-bond acceptors (Lipinski definition) is 3. The molecular weight excluding hydrogens is 289 g/mol. The highest BCUT2D eigenvalue weighted by Gasteiger charge is 2.24. The minimum Gasteiger partial charge on any atom is -0.332 e. The van der Waals surface area contributed by atoms with Gasteiger partial charge in [-0.1, -0.05) is 6.07 Å². The van der Waals surface area contributed by atoms with Crippen LogP contribution in [-0.4, -0.2) is 11.0 Å². The molecule has 1 aliphatic carbocycles. The molecule has 0 saturated heterocycles. The SMILES string of the molecule is Cc1cnc(CNC(=O)N[C@H]2CCc3ccc(F)cc32)s1. The van der Waals surface area contributed by atoms with E-state index in [4.69, 9.17) is 0 Å². The van der Waals surface area contributed by atoms with Crippen molar-refractivity contribution in [1.82, 2.24) is 15.6 Å². The zero-order valence-corrected chi connectivity index (χ0v) is 12.5. The van der Waals surface area contributed by atoms with Gasteiger partial charge in [0.1, 0.15) is 10.8 Å². The number of carbonyl (C=O) groups excluding carboxylic acids is 1. The molecule has 2 amide bonds. The van der Waals surface area contributed by atoms with E-state index in [1.54, 1.807) is 23.6 Å². The average molecular weight is 305 g/mol. The first-order chi connectivity index (χ1) is 10.1. The topological polar surface area (TPSA) is 54.0 Å². The fourth-order valence-electron chi connectivity index (χ4n) is 2.57. The molecule has 0 fully saturated rings. The molecule has 1 atom stereocenters. The predicted molar refractivity (Wildman–Crippen MR) is 79.7 cm³/mol. The average Bonchev–Trinajstić information content (AvgIpc) is 3.04. The highest BCUT2D eigenvalue weighted by molar-refractivity contribution is 7.11. The number of halogens is 1. The molecule has 21 heavy (non-hydrogen) atoms. The molecule has 0 saturated carbocycles. The molecule has 2 aromatic rings. The maximum absolute atomic E-state index is 13.3. The molecule has 2 N–H and O–H groups in total. The predicted octanol–water partition coefficient (Wildman–Crippen LogP) is 3.08. The van der Waals surface area contributed by atoms with E-state index >= 15 is 0 Å². The van der Waals surface area contributed by atoms with Crippen LogP contribution in [0.3, 0.4) is 0 Å². The second-order valence-electron chi connectivity index (χ2n) is 5.13. The van der Waals surface area contributed by atoms with Crippen LogP contribution in [0.4, 0.5) is 9.18 Å². The number of aryl methyl sites for hydroxylation is 2. The van der Waals surface area contributed by atoms with E-state index in [1.807, 2.05) is 6.92 Å². The highest BCUT2D eigenvalue weighted by atomic mass is 32.1. The maximum Gasteiger partial charge on any atom is 0.315 e. The molecule has 0 radical (unpaired) electrons. The van der Waals surface area contributed by atoms with Crippen LogP contribution in [0.2, 0.25) is 0 Å². The number of hydrogen-bond donors (Lipinski definition) is 2. The number of nitrogens with one attached hydrogen (secondary N) is 2. The lowest BCUT2D eigenvalue weighted by atomic mass is 10.1. The molecule has 0 aliphatic heterocycles. The third kappa shape index (κ3) is 3.21. The molecule has 0 bridgehead atoms. The van der Waals surface area contributed by atoms with Gasteiger partial charge in [0.25, 0.3) is 0 Å². The van der Waals surface area contributed by atoms with Gasteiger partial charge in [-0.15, -0.1) is 11.3 Å². The molecule has 0 spiro atoms. The minimum absolute atomic E-state index is 0.117. The Morgan fingerprint density at radius 3 is 3.14 bits per heavy atom. The van der Waals surface area contributed by atoms with Gasteiger partial charge in [0.2, 0.25) is 0 Å². The summed E-state index contributed by atoms with van der Waals surface area (Å²) in [7, 11) is 0. The van der Waals surface area contributed by atoms with Crippen molar-refractivity contribution in [3.05, 3.63) is 51.2 Å². The van der Waals surface area contributed by atoms with Crippen molar-refractivity contribution in [2.75, 3.05) is 0 Å². The number of nitrogens with zero attached hydrogens (tertiary/aromatic N) is 1. The molecule has 110 valence electrons. The van der Waals surface area contributed by atoms with Gasteiger partial charge >= 0.3 is 6.03 Å². The minimum atomic E-state index is -0.263. The Bertz CT molecular complexity index is 671. The van der Waals surface area contributed by atoms with Gasteiger partial charge in [-0.2, -0.15) is 0 Å². The molecule has 0 unspecified atom stereocenters. The van der Waals surface area contributed by atoms with Crippen LogP contribution >= 0.6 is 11.3 Å². The van der Waals surface area contributed by atoms with Crippen LogP contribution < -0.4 is 10.6 Å². The Hall–Kier alpha value is -1.95. The van der Waals surface area contributed by atoms with Gasteiger partial charge in [-0.3, -0.25) is 0 Å². The largest absolute Gasteiger partial charge is 0.332 e. The van der Waals surface area contributed by atoms with E-state index in [-0.39, 0.29) is 17.9 Å². The molecule has 3 rings (SSSR count). The summed E-state index contributed by atoms with van der Waals surface area (Å²) in [6.07, 6.45) is 3.46. The van der Waals surface area contributed by atoms with E-state index < -0.39 is 0 Å². The van der Waals surface area contributed by atoms with E-state index in [9.17, 15) is 9.18 Å². The highest BCUT2D eigenvalue weighted by Crippen LogP contribution is 2.31. The van der Waals surface area contributed by atoms with Crippen molar-refractivity contribution in [1.29, 1.82) is 0 Å². The van der Waals surface area contributed by atoms with Crippen LogP contribution in [0.1, 0.15) is 33.5 Å². The van der Waals surface area contributed by atoms with Gasteiger partial charge < -0.3 is 10.6 Å². The molecule has 6 heteroatoms. The molecule has 1 aromatic heterocycles. The number of fused-ring (bicyclic) bond motifs is 1. The smallest absolute Gasteiger partial charge is 0.315 e. The van der Waals surface area contributed by atoms with Crippen LogP contribution in [0.15, 0.2) is 24.4 Å². The summed E-state index contributed by atoms with van der Waals surface area (Å²) in [5.74, 6) is -0.263. The summed E-state index contributed by atoms with van der Waals surface area (Å²) in [4.78, 5) is 17.2. The number of benzene rings is 1. The van der Waals surface area contributed by atoms with Gasteiger partial charge in [0.05, 0.1) is 12.6 Å². The quantitative estimate of drug-likeness (QED) is 0.915. The van der Waals surface area contributed by atoms with Crippen LogP contribution in [0.25, 0.3) is 0 Å². The molecule has 4 nitrogen and oxygen atoms in total. The lowest BCUT2D eigenvalue weighted by molar-refractivity contribution is 0.236. The number of amides is 2. The standard InChI is InChI=1S/C15H16FN3OS/c1-9-7-17-14(21-9)8-18-15(20)19-13-5-3-10-2-4-11(16)6-12(10)13/h2,4,6-7,13H,3,5,8H2,1H3,(H2,18,19,20)/t13-/m0/s1. The number of rotatable bonds is 3. The number of thiazole rings is 1. The lowest BCUT2D eigenvalue weighted by Gasteiger charge is -2.14. The van der Waals surface area contributed by atoms with E-state index in [1.165, 1.54) is 12.1 Å². The third-order valence-corrected chi connectivity index (χ3v) is 4.47. The first kappa shape index (κ1) is 14.0. The summed E-state index contributed by atoms with van der Waals surface area (Å²) in [5, 5.41) is 6.56. The Morgan fingerprint density at radius 1 is 1.52 bits per heavy atom. The Kier molecular flexibility index (Phi) is 3.88. The second kappa shape index (κ2) is 5.81. The third-order valence-electron chi connectivity index (χ3n) is 3.56. The molecular formula is C15H16FN3OS. The number of aromatic nitrogens is 1. The van der Waals surface area contributed by atoms with Gasteiger partial charge in [0, 0.05) is 11.1 Å². The molecule has 1 aliphatic rings. The summed E-state index contributed by atoms with van der Waals surface area (Å²) < 4.78 is 13.3. The zero-order valence-electron chi connectivity index (χ0n) is 11.6. The Labute approximate surface area is 126 Å². The van der Waals surface area contributed by atoms with Crippen LogP contribution in [0.5, 0.6) is 0 Å². The van der Waals surface area contributed by atoms with Crippen LogP contribution in [0, 0.1) is 12.7 Å². The summed E-state index contributed by atoms with van der Waals surface area (Å²) in [5.41, 5.74) is 1.99. The number of carbonyl (C=O) groups is 1. The summed E-state index contributed by atoms with van der Waals surface area (Å²) >= 11 is 1.56. The summed E-state index contributed by atoms with van der Waals surface area (Å²) in [6.45, 7) is 2.39. The van der Waals surface area contributed by atoms with Gasteiger partial charge in [-0.25, -0.2) is 14.2 Å². The van der Waals surface area contributed by atoms with Crippen molar-refractivity contribution >= 4 is 17.4 Å². The van der Waals surface area contributed by atoms with Gasteiger partial charge in [-0.05, 0) is 43.0 Å². The van der Waals surface area contributed by atoms with Crippen molar-refractivity contribution < 1.29 is 9.18 Å². The van der Waals surface area contributed by atoms with E-state index in [0.717, 1.165) is 33.9 Å².